The van der Waals surface area contributed by atoms with Crippen LogP contribution in [0.5, 0.6) is 0 Å². The molecule has 1 atom stereocenters. The first-order valence-corrected chi connectivity index (χ1v) is 9.20. The Morgan fingerprint density at radius 2 is 2.00 bits per heavy atom. The molecule has 3 rings (SSSR count). The van der Waals surface area contributed by atoms with Crippen LogP contribution >= 0.6 is 0 Å². The van der Waals surface area contributed by atoms with Gasteiger partial charge in [-0.1, -0.05) is 12.1 Å². The highest BCUT2D eigenvalue weighted by atomic mass is 16.5. The summed E-state index contributed by atoms with van der Waals surface area (Å²) in [5.41, 5.74) is 1.23. The predicted octanol–water partition coefficient (Wildman–Crippen LogP) is 1.84. The Morgan fingerprint density at radius 1 is 1.19 bits per heavy atom. The van der Waals surface area contributed by atoms with E-state index < -0.39 is 0 Å². The van der Waals surface area contributed by atoms with Gasteiger partial charge in [0.2, 0.25) is 0 Å². The quantitative estimate of drug-likeness (QED) is 0.829. The zero-order chi connectivity index (χ0) is 18.4. The Hall–Kier alpha value is -1.96. The van der Waals surface area contributed by atoms with Crippen LogP contribution < -0.4 is 5.32 Å². The van der Waals surface area contributed by atoms with Crippen molar-refractivity contribution in [3.05, 3.63) is 29.8 Å². The van der Waals surface area contributed by atoms with Gasteiger partial charge in [-0.2, -0.15) is 0 Å². The number of benzene rings is 1. The summed E-state index contributed by atoms with van der Waals surface area (Å²) in [4.78, 5) is 28.3. The maximum atomic E-state index is 12.7. The summed E-state index contributed by atoms with van der Waals surface area (Å²) in [5, 5.41) is 2.90. The first-order chi connectivity index (χ1) is 12.6. The summed E-state index contributed by atoms with van der Waals surface area (Å²) in [7, 11) is 0. The van der Waals surface area contributed by atoms with Gasteiger partial charge in [-0.15, -0.1) is 0 Å². The molecule has 0 spiro atoms. The zero-order valence-corrected chi connectivity index (χ0v) is 15.3. The van der Waals surface area contributed by atoms with Crippen molar-refractivity contribution in [1.82, 2.24) is 9.80 Å². The van der Waals surface area contributed by atoms with E-state index in [1.54, 1.807) is 29.2 Å². The van der Waals surface area contributed by atoms with Crippen LogP contribution in [0.2, 0.25) is 0 Å². The first-order valence-electron chi connectivity index (χ1n) is 9.20. The smallest absolute Gasteiger partial charge is 0.321 e. The number of carbonyl (C=O) groups excluding carboxylic acids is 2. The number of nitrogens with zero attached hydrogens (tertiary/aromatic N) is 2. The van der Waals surface area contributed by atoms with Gasteiger partial charge in [0.25, 0.3) is 0 Å². The molecule has 2 heterocycles. The lowest BCUT2D eigenvalue weighted by atomic mass is 10.1. The van der Waals surface area contributed by atoms with Gasteiger partial charge >= 0.3 is 6.03 Å². The van der Waals surface area contributed by atoms with E-state index in [1.807, 2.05) is 0 Å². The monoisotopic (exact) mass is 361 g/mol. The van der Waals surface area contributed by atoms with E-state index in [-0.39, 0.29) is 17.9 Å². The lowest BCUT2D eigenvalue weighted by Crippen LogP contribution is -2.46. The van der Waals surface area contributed by atoms with Crippen LogP contribution in [0, 0.1) is 0 Å². The first kappa shape index (κ1) is 18.8. The van der Waals surface area contributed by atoms with Gasteiger partial charge in [0.05, 0.1) is 19.3 Å². The highest BCUT2D eigenvalue weighted by molar-refractivity contribution is 5.96. The molecule has 142 valence electrons. The average Bonchev–Trinajstić information content (AvgIpc) is 2.88. The Labute approximate surface area is 154 Å². The van der Waals surface area contributed by atoms with E-state index >= 15 is 0 Å². The van der Waals surface area contributed by atoms with Gasteiger partial charge in [0, 0.05) is 50.6 Å². The molecule has 2 saturated heterocycles. The third-order valence-electron chi connectivity index (χ3n) is 4.72. The molecule has 1 N–H and O–H groups in total. The summed E-state index contributed by atoms with van der Waals surface area (Å²) in [6.07, 6.45) is 0.824. The molecular formula is C19H27N3O4. The van der Waals surface area contributed by atoms with Crippen LogP contribution in [0.4, 0.5) is 10.5 Å². The Morgan fingerprint density at radius 3 is 2.77 bits per heavy atom. The number of Topliss-reactive ketones (excluding diaryl/α,β-unsaturated/α-hetero) is 1. The van der Waals surface area contributed by atoms with Crippen molar-refractivity contribution in [2.24, 2.45) is 0 Å². The standard InChI is InChI=1S/C19H27N3O4/c1-15(23)16-4-2-5-17(12-16)20-19(24)22-6-3-9-26-18(14-22)13-21-7-10-25-11-8-21/h2,4-5,12,18H,3,6-11,13-14H2,1H3,(H,20,24). The van der Waals surface area contributed by atoms with Crippen LogP contribution in [-0.2, 0) is 9.47 Å². The van der Waals surface area contributed by atoms with Crippen molar-refractivity contribution in [2.75, 3.05) is 57.9 Å². The number of nitrogens with one attached hydrogen (secondary N) is 1. The fourth-order valence-electron chi connectivity index (χ4n) is 3.28. The lowest BCUT2D eigenvalue weighted by molar-refractivity contribution is -0.00983. The van der Waals surface area contributed by atoms with Crippen LogP contribution in [0.3, 0.4) is 0 Å². The maximum absolute atomic E-state index is 12.7. The molecule has 0 radical (unpaired) electrons. The molecule has 2 aliphatic heterocycles. The number of anilines is 1. The second-order valence-electron chi connectivity index (χ2n) is 6.77. The molecule has 0 aliphatic carbocycles. The molecule has 7 nitrogen and oxygen atoms in total. The Kier molecular flexibility index (Phi) is 6.60. The minimum atomic E-state index is -0.150. The van der Waals surface area contributed by atoms with Crippen molar-refractivity contribution < 1.29 is 19.1 Å². The summed E-state index contributed by atoms with van der Waals surface area (Å²) in [6.45, 7) is 7.54. The molecular weight excluding hydrogens is 334 g/mol. The van der Waals surface area contributed by atoms with E-state index in [9.17, 15) is 9.59 Å². The van der Waals surface area contributed by atoms with Crippen LogP contribution in [0.1, 0.15) is 23.7 Å². The Balaban J connectivity index is 1.58. The van der Waals surface area contributed by atoms with E-state index in [4.69, 9.17) is 9.47 Å². The van der Waals surface area contributed by atoms with Crippen LogP contribution in [0.25, 0.3) is 0 Å². The molecule has 1 aromatic rings. The van der Waals surface area contributed by atoms with E-state index in [0.717, 1.165) is 39.3 Å². The molecule has 26 heavy (non-hydrogen) atoms. The SMILES string of the molecule is CC(=O)c1cccc(NC(=O)N2CCCOC(CN3CCOCC3)C2)c1. The molecule has 0 saturated carbocycles. The third-order valence-corrected chi connectivity index (χ3v) is 4.72. The van der Waals surface area contributed by atoms with Gasteiger partial charge in [-0.25, -0.2) is 4.79 Å². The van der Waals surface area contributed by atoms with Gasteiger partial charge in [-0.3, -0.25) is 9.69 Å². The summed E-state index contributed by atoms with van der Waals surface area (Å²) < 4.78 is 11.3. The number of carbonyl (C=O) groups is 2. The van der Waals surface area contributed by atoms with E-state index in [0.29, 0.717) is 30.9 Å². The molecule has 1 unspecified atom stereocenters. The highest BCUT2D eigenvalue weighted by Crippen LogP contribution is 2.14. The number of hydrogen-bond donors (Lipinski definition) is 1. The normalized spacial score (nSPS) is 21.9. The second kappa shape index (κ2) is 9.12. The maximum Gasteiger partial charge on any atom is 0.321 e. The highest BCUT2D eigenvalue weighted by Gasteiger charge is 2.25. The van der Waals surface area contributed by atoms with Crippen molar-refractivity contribution in [2.45, 2.75) is 19.4 Å². The summed E-state index contributed by atoms with van der Waals surface area (Å²) in [6, 6.07) is 6.88. The van der Waals surface area contributed by atoms with E-state index in [1.165, 1.54) is 6.92 Å². The van der Waals surface area contributed by atoms with Crippen molar-refractivity contribution in [3.63, 3.8) is 0 Å². The molecule has 7 heteroatoms. The summed E-state index contributed by atoms with van der Waals surface area (Å²) in [5.74, 6) is -0.0187. The number of urea groups is 1. The average molecular weight is 361 g/mol. The minimum absolute atomic E-state index is 0.00454. The zero-order valence-electron chi connectivity index (χ0n) is 15.3. The number of rotatable bonds is 4. The Bertz CT molecular complexity index is 631. The topological polar surface area (TPSA) is 71.1 Å². The summed E-state index contributed by atoms with van der Waals surface area (Å²) >= 11 is 0. The van der Waals surface area contributed by atoms with Crippen molar-refractivity contribution in [3.8, 4) is 0 Å². The minimum Gasteiger partial charge on any atom is -0.379 e. The molecule has 0 aromatic heterocycles. The van der Waals surface area contributed by atoms with Crippen LogP contribution in [-0.4, -0.2) is 80.3 Å². The predicted molar refractivity (Wildman–Crippen MR) is 98.7 cm³/mol. The van der Waals surface area contributed by atoms with E-state index in [2.05, 4.69) is 10.2 Å². The van der Waals surface area contributed by atoms with Gasteiger partial charge in [0.1, 0.15) is 0 Å². The number of hydrogen-bond acceptors (Lipinski definition) is 5. The number of morpholine rings is 1. The number of ketones is 1. The number of ether oxygens (including phenoxy) is 2. The van der Waals surface area contributed by atoms with Crippen molar-refractivity contribution in [1.29, 1.82) is 0 Å². The van der Waals surface area contributed by atoms with Crippen molar-refractivity contribution >= 4 is 17.5 Å². The molecule has 2 amide bonds. The molecule has 2 fully saturated rings. The van der Waals surface area contributed by atoms with Gasteiger partial charge < -0.3 is 19.7 Å². The third kappa shape index (κ3) is 5.27. The number of amides is 2. The van der Waals surface area contributed by atoms with Crippen LogP contribution in [0.15, 0.2) is 24.3 Å². The molecule has 0 bridgehead atoms. The lowest BCUT2D eigenvalue weighted by Gasteiger charge is -2.31. The molecule has 2 aliphatic rings. The fraction of sp³-hybridized carbons (Fsp3) is 0.579. The fourth-order valence-corrected chi connectivity index (χ4v) is 3.28. The second-order valence-corrected chi connectivity index (χ2v) is 6.77. The van der Waals surface area contributed by atoms with Gasteiger partial charge in [0.15, 0.2) is 5.78 Å². The largest absolute Gasteiger partial charge is 0.379 e. The van der Waals surface area contributed by atoms with Gasteiger partial charge in [-0.05, 0) is 25.5 Å². The molecule has 1 aromatic carbocycles.